The predicted molar refractivity (Wildman–Crippen MR) is 108 cm³/mol. The van der Waals surface area contributed by atoms with Crippen LogP contribution in [-0.2, 0) is 6.42 Å². The molecule has 0 radical (unpaired) electrons. The van der Waals surface area contributed by atoms with E-state index >= 15 is 0 Å². The average Bonchev–Trinajstić information content (AvgIpc) is 3.15. The maximum atomic E-state index is 12.5. The van der Waals surface area contributed by atoms with Crippen molar-refractivity contribution in [2.45, 2.75) is 6.42 Å². The fourth-order valence-corrected chi connectivity index (χ4v) is 3.64. The molecule has 0 aliphatic rings. The molecule has 28 heavy (non-hydrogen) atoms. The summed E-state index contributed by atoms with van der Waals surface area (Å²) in [5.74, 6) is 0.252. The number of thiazole rings is 1. The Bertz CT molecular complexity index is 1190. The lowest BCUT2D eigenvalue weighted by atomic mass is 10.1. The Kier molecular flexibility index (Phi) is 4.90. The number of rotatable bonds is 5. The lowest BCUT2D eigenvalue weighted by molar-refractivity contribution is 0.0993. The first-order valence-electron chi connectivity index (χ1n) is 8.54. The molecule has 4 rings (SSSR count). The van der Waals surface area contributed by atoms with Gasteiger partial charge in [0.15, 0.2) is 10.9 Å². The zero-order valence-electron chi connectivity index (χ0n) is 15.0. The van der Waals surface area contributed by atoms with E-state index in [1.807, 2.05) is 24.3 Å². The summed E-state index contributed by atoms with van der Waals surface area (Å²) < 4.78 is 10.3. The molecular formula is C21H16N2O4S. The van der Waals surface area contributed by atoms with Crippen molar-refractivity contribution >= 4 is 33.1 Å². The smallest absolute Gasteiger partial charge is 0.344 e. The van der Waals surface area contributed by atoms with Crippen molar-refractivity contribution in [1.82, 2.24) is 4.98 Å². The number of amides is 1. The predicted octanol–water partition coefficient (Wildman–Crippen LogP) is 4.10. The second-order valence-electron chi connectivity index (χ2n) is 6.10. The first kappa shape index (κ1) is 17.9. The molecule has 0 fully saturated rings. The van der Waals surface area contributed by atoms with Gasteiger partial charge < -0.3 is 9.15 Å². The van der Waals surface area contributed by atoms with E-state index < -0.39 is 11.5 Å². The van der Waals surface area contributed by atoms with Crippen LogP contribution in [0.15, 0.2) is 70.0 Å². The van der Waals surface area contributed by atoms with Gasteiger partial charge in [-0.15, -0.1) is 11.3 Å². The number of aromatic nitrogens is 1. The Morgan fingerprint density at radius 1 is 1.18 bits per heavy atom. The molecule has 0 saturated heterocycles. The maximum absolute atomic E-state index is 12.5. The third-order valence-electron chi connectivity index (χ3n) is 4.21. The van der Waals surface area contributed by atoms with E-state index in [9.17, 15) is 9.59 Å². The van der Waals surface area contributed by atoms with Gasteiger partial charge in [-0.2, -0.15) is 0 Å². The van der Waals surface area contributed by atoms with Gasteiger partial charge >= 0.3 is 5.63 Å². The van der Waals surface area contributed by atoms with E-state index in [0.29, 0.717) is 22.3 Å². The van der Waals surface area contributed by atoms with Gasteiger partial charge in [0.25, 0.3) is 5.91 Å². The summed E-state index contributed by atoms with van der Waals surface area (Å²) in [6, 6.07) is 16.3. The number of nitrogens with one attached hydrogen (secondary N) is 1. The van der Waals surface area contributed by atoms with Crippen LogP contribution in [0.25, 0.3) is 10.8 Å². The highest BCUT2D eigenvalue weighted by molar-refractivity contribution is 7.15. The van der Waals surface area contributed by atoms with Crippen LogP contribution in [0.2, 0.25) is 0 Å². The number of carbonyl (C=O) groups is 1. The third kappa shape index (κ3) is 3.79. The molecule has 0 atom stereocenters. The number of anilines is 1. The minimum atomic E-state index is -0.539. The number of fused-ring (bicyclic) bond motifs is 1. The van der Waals surface area contributed by atoms with Crippen LogP contribution in [0.3, 0.4) is 0 Å². The topological polar surface area (TPSA) is 81.4 Å². The molecule has 1 amide bonds. The highest BCUT2D eigenvalue weighted by atomic mass is 32.1. The number of methoxy groups -OCH3 is 1. The van der Waals surface area contributed by atoms with Crippen molar-refractivity contribution in [2.75, 3.05) is 12.4 Å². The number of hydrogen-bond donors (Lipinski definition) is 1. The minimum Gasteiger partial charge on any atom is -0.497 e. The van der Waals surface area contributed by atoms with Crippen LogP contribution in [-0.4, -0.2) is 18.0 Å². The molecule has 4 aromatic rings. The second-order valence-corrected chi connectivity index (χ2v) is 7.21. The summed E-state index contributed by atoms with van der Waals surface area (Å²) in [6.07, 6.45) is 2.42. The van der Waals surface area contributed by atoms with E-state index in [2.05, 4.69) is 10.3 Å². The van der Waals surface area contributed by atoms with Gasteiger partial charge in [0.05, 0.1) is 12.5 Å². The summed E-state index contributed by atoms with van der Waals surface area (Å²) in [7, 11) is 1.63. The molecule has 0 aliphatic carbocycles. The molecule has 1 N–H and O–H groups in total. The van der Waals surface area contributed by atoms with Crippen LogP contribution < -0.4 is 15.7 Å². The molecule has 140 valence electrons. The molecule has 2 aromatic heterocycles. The van der Waals surface area contributed by atoms with E-state index in [4.69, 9.17) is 9.15 Å². The van der Waals surface area contributed by atoms with Gasteiger partial charge in [-0.05, 0) is 35.2 Å². The van der Waals surface area contributed by atoms with Crippen molar-refractivity contribution in [2.24, 2.45) is 0 Å². The van der Waals surface area contributed by atoms with Crippen LogP contribution >= 0.6 is 11.3 Å². The highest BCUT2D eigenvalue weighted by Crippen LogP contribution is 2.23. The molecule has 6 nitrogen and oxygen atoms in total. The first-order valence-corrected chi connectivity index (χ1v) is 9.36. The van der Waals surface area contributed by atoms with Gasteiger partial charge in [-0.25, -0.2) is 9.78 Å². The monoisotopic (exact) mass is 392 g/mol. The second kappa shape index (κ2) is 7.66. The van der Waals surface area contributed by atoms with Crippen LogP contribution in [0.1, 0.15) is 21.0 Å². The Morgan fingerprint density at radius 3 is 2.75 bits per heavy atom. The zero-order chi connectivity index (χ0) is 19.5. The van der Waals surface area contributed by atoms with E-state index in [0.717, 1.165) is 16.2 Å². The number of benzene rings is 2. The Hall–Kier alpha value is -3.45. The fraction of sp³-hybridized carbons (Fsp3) is 0.0952. The number of nitrogens with zero attached hydrogens (tertiary/aromatic N) is 1. The molecule has 0 aliphatic heterocycles. The van der Waals surface area contributed by atoms with Gasteiger partial charge in [0, 0.05) is 17.5 Å². The molecule has 2 heterocycles. The Labute approximate surface area is 164 Å². The highest BCUT2D eigenvalue weighted by Gasteiger charge is 2.14. The standard InChI is InChI=1S/C21H16N2O4S/c1-26-15-8-6-13(7-9-15)10-16-12-22-21(28-16)23-19(24)18-11-14-4-2-3-5-17(14)20(25)27-18/h2-9,11-12H,10H2,1H3,(H,22,23,24). The Morgan fingerprint density at radius 2 is 1.96 bits per heavy atom. The molecule has 0 bridgehead atoms. The largest absolute Gasteiger partial charge is 0.497 e. The molecule has 0 unspecified atom stereocenters. The number of ether oxygens (including phenoxy) is 1. The summed E-state index contributed by atoms with van der Waals surface area (Å²) in [5, 5.41) is 4.23. The van der Waals surface area contributed by atoms with E-state index in [-0.39, 0.29) is 5.76 Å². The van der Waals surface area contributed by atoms with E-state index in [1.165, 1.54) is 11.3 Å². The normalized spacial score (nSPS) is 10.8. The number of carbonyl (C=O) groups excluding carboxylic acids is 1. The van der Waals surface area contributed by atoms with Crippen LogP contribution in [0.5, 0.6) is 5.75 Å². The fourth-order valence-electron chi connectivity index (χ4n) is 2.80. The van der Waals surface area contributed by atoms with Crippen molar-refractivity contribution in [3.05, 3.63) is 87.4 Å². The first-order chi connectivity index (χ1) is 13.6. The van der Waals surface area contributed by atoms with E-state index in [1.54, 1.807) is 43.6 Å². The molecule has 0 saturated carbocycles. The third-order valence-corrected chi connectivity index (χ3v) is 5.12. The van der Waals surface area contributed by atoms with Crippen molar-refractivity contribution in [3.8, 4) is 5.75 Å². The van der Waals surface area contributed by atoms with Crippen molar-refractivity contribution < 1.29 is 13.9 Å². The van der Waals surface area contributed by atoms with Gasteiger partial charge in [0.2, 0.25) is 0 Å². The number of hydrogen-bond acceptors (Lipinski definition) is 6. The summed E-state index contributed by atoms with van der Waals surface area (Å²) in [5.41, 5.74) is 0.574. The van der Waals surface area contributed by atoms with Gasteiger partial charge in [0.1, 0.15) is 5.75 Å². The summed E-state index contributed by atoms with van der Waals surface area (Å²) in [6.45, 7) is 0. The van der Waals surface area contributed by atoms with Crippen molar-refractivity contribution in [3.63, 3.8) is 0 Å². The van der Waals surface area contributed by atoms with Crippen LogP contribution in [0.4, 0.5) is 5.13 Å². The van der Waals surface area contributed by atoms with Gasteiger partial charge in [-0.1, -0.05) is 30.3 Å². The molecular weight excluding hydrogens is 376 g/mol. The zero-order valence-corrected chi connectivity index (χ0v) is 15.8. The van der Waals surface area contributed by atoms with Gasteiger partial charge in [-0.3, -0.25) is 10.1 Å². The molecule has 2 aromatic carbocycles. The summed E-state index contributed by atoms with van der Waals surface area (Å²) >= 11 is 1.37. The lowest BCUT2D eigenvalue weighted by Crippen LogP contribution is -2.14. The van der Waals surface area contributed by atoms with Crippen LogP contribution in [0, 0.1) is 0 Å². The maximum Gasteiger partial charge on any atom is 0.344 e. The quantitative estimate of drug-likeness (QED) is 0.553. The Balaban J connectivity index is 1.49. The SMILES string of the molecule is COc1ccc(Cc2cnc(NC(=O)c3cc4ccccc4c(=O)o3)s2)cc1. The molecule has 0 spiro atoms. The average molecular weight is 392 g/mol. The van der Waals surface area contributed by atoms with Crippen molar-refractivity contribution in [1.29, 1.82) is 0 Å². The lowest BCUT2D eigenvalue weighted by Gasteiger charge is -2.02. The minimum absolute atomic E-state index is 0.0457. The summed E-state index contributed by atoms with van der Waals surface area (Å²) in [4.78, 5) is 29.7. The molecule has 7 heteroatoms.